The fourth-order valence-corrected chi connectivity index (χ4v) is 3.20. The van der Waals surface area contributed by atoms with E-state index in [0.717, 1.165) is 31.4 Å². The zero-order chi connectivity index (χ0) is 19.9. The fraction of sp³-hybridized carbons (Fsp3) is 0.526. The predicted octanol–water partition coefficient (Wildman–Crippen LogP) is 2.54. The minimum absolute atomic E-state index is 0.102. The van der Waals surface area contributed by atoms with Crippen LogP contribution in [0.25, 0.3) is 0 Å². The lowest BCUT2D eigenvalue weighted by Crippen LogP contribution is -2.34. The van der Waals surface area contributed by atoms with Crippen LogP contribution in [0.15, 0.2) is 24.7 Å². The second-order valence-corrected chi connectivity index (χ2v) is 7.12. The third-order valence-electron chi connectivity index (χ3n) is 4.90. The predicted molar refractivity (Wildman–Crippen MR) is 103 cm³/mol. The Kier molecular flexibility index (Phi) is 6.57. The van der Waals surface area contributed by atoms with Crippen LogP contribution < -0.4 is 10.6 Å². The topological polar surface area (TPSA) is 122 Å². The van der Waals surface area contributed by atoms with Gasteiger partial charge >= 0.3 is 6.09 Å². The van der Waals surface area contributed by atoms with Crippen LogP contribution in [0.2, 0.25) is 0 Å². The first-order valence-corrected chi connectivity index (χ1v) is 9.60. The molecule has 3 N–H and O–H groups in total. The Balaban J connectivity index is 1.47. The lowest BCUT2D eigenvalue weighted by Gasteiger charge is -2.16. The Morgan fingerprint density at radius 3 is 2.96 bits per heavy atom. The second kappa shape index (κ2) is 9.29. The molecular formula is C19H26N6O3. The normalized spacial score (nSPS) is 19.8. The van der Waals surface area contributed by atoms with Crippen molar-refractivity contribution in [2.45, 2.75) is 64.0 Å². The van der Waals surface area contributed by atoms with Gasteiger partial charge in [-0.1, -0.05) is 6.92 Å². The van der Waals surface area contributed by atoms with Gasteiger partial charge in [-0.05, 0) is 32.6 Å². The van der Waals surface area contributed by atoms with Gasteiger partial charge < -0.3 is 15.4 Å². The maximum Gasteiger partial charge on any atom is 0.407 e. The van der Waals surface area contributed by atoms with Gasteiger partial charge in [-0.3, -0.25) is 19.9 Å². The number of anilines is 1. The molecule has 0 saturated heterocycles. The maximum atomic E-state index is 12.1. The summed E-state index contributed by atoms with van der Waals surface area (Å²) in [6.07, 6.45) is 7.67. The Hall–Kier alpha value is -2.97. The van der Waals surface area contributed by atoms with Crippen LogP contribution in [-0.4, -0.2) is 44.3 Å². The molecule has 9 nitrogen and oxygen atoms in total. The van der Waals surface area contributed by atoms with Crippen molar-refractivity contribution in [2.75, 3.05) is 5.32 Å². The van der Waals surface area contributed by atoms with E-state index in [1.807, 2.05) is 19.9 Å². The standard InChI is InChI=1S/C19H26N6O3/c1-3-12(2)22-19(27)28-15-5-4-13(8-15)16-10-17(25-24-16)23-18(26)9-14-11-20-6-7-21-14/h6-7,10-13,15H,3-5,8-9H2,1-2H3,(H,22,27)(H2,23,24,25,26)/t12-,13-,15+/m0/s1. The highest BCUT2D eigenvalue weighted by Gasteiger charge is 2.30. The Morgan fingerprint density at radius 2 is 2.21 bits per heavy atom. The van der Waals surface area contributed by atoms with Gasteiger partial charge in [0, 0.05) is 42.3 Å². The van der Waals surface area contributed by atoms with E-state index in [1.54, 1.807) is 18.6 Å². The maximum absolute atomic E-state index is 12.1. The molecule has 3 atom stereocenters. The third kappa shape index (κ3) is 5.51. The summed E-state index contributed by atoms with van der Waals surface area (Å²) in [4.78, 5) is 32.0. The van der Waals surface area contributed by atoms with E-state index in [0.29, 0.717) is 11.5 Å². The Bertz CT molecular complexity index is 794. The van der Waals surface area contributed by atoms with Crippen molar-refractivity contribution >= 4 is 17.8 Å². The summed E-state index contributed by atoms with van der Waals surface area (Å²) in [7, 11) is 0. The van der Waals surface area contributed by atoms with E-state index in [4.69, 9.17) is 4.74 Å². The van der Waals surface area contributed by atoms with Gasteiger partial charge in [0.15, 0.2) is 5.82 Å². The zero-order valence-corrected chi connectivity index (χ0v) is 16.1. The molecule has 2 aromatic heterocycles. The number of aromatic amines is 1. The number of H-pyrrole nitrogens is 1. The molecule has 3 rings (SSSR count). The van der Waals surface area contributed by atoms with Gasteiger partial charge in [0.1, 0.15) is 6.10 Å². The van der Waals surface area contributed by atoms with Gasteiger partial charge in [0.2, 0.25) is 5.91 Å². The largest absolute Gasteiger partial charge is 0.446 e. The number of aromatic nitrogens is 4. The summed E-state index contributed by atoms with van der Waals surface area (Å²) in [6.45, 7) is 3.96. The number of ether oxygens (including phenoxy) is 1. The molecule has 1 saturated carbocycles. The van der Waals surface area contributed by atoms with Crippen molar-refractivity contribution in [1.82, 2.24) is 25.5 Å². The van der Waals surface area contributed by atoms with E-state index in [2.05, 4.69) is 30.8 Å². The van der Waals surface area contributed by atoms with E-state index in [9.17, 15) is 9.59 Å². The first-order chi connectivity index (χ1) is 13.5. The summed E-state index contributed by atoms with van der Waals surface area (Å²) >= 11 is 0. The van der Waals surface area contributed by atoms with E-state index >= 15 is 0 Å². The molecule has 28 heavy (non-hydrogen) atoms. The molecular weight excluding hydrogens is 360 g/mol. The SMILES string of the molecule is CC[C@H](C)NC(=O)O[C@@H]1CC[C@H](c2cc(NC(=O)Cc3cnccn3)n[nH]2)C1. The van der Waals surface area contributed by atoms with Crippen LogP contribution in [-0.2, 0) is 16.0 Å². The number of amides is 2. The highest BCUT2D eigenvalue weighted by molar-refractivity contribution is 5.91. The number of hydrogen-bond acceptors (Lipinski definition) is 6. The van der Waals surface area contributed by atoms with Crippen LogP contribution in [0, 0.1) is 0 Å². The minimum Gasteiger partial charge on any atom is -0.446 e. The van der Waals surface area contributed by atoms with E-state index < -0.39 is 0 Å². The van der Waals surface area contributed by atoms with E-state index in [-0.39, 0.29) is 36.5 Å². The number of carbonyl (C=O) groups excluding carboxylic acids is 2. The number of rotatable bonds is 7. The van der Waals surface area contributed by atoms with Crippen molar-refractivity contribution < 1.29 is 14.3 Å². The lowest BCUT2D eigenvalue weighted by molar-refractivity contribution is -0.115. The minimum atomic E-state index is -0.360. The van der Waals surface area contributed by atoms with Crippen molar-refractivity contribution in [3.8, 4) is 0 Å². The van der Waals surface area contributed by atoms with Gasteiger partial charge in [-0.2, -0.15) is 5.10 Å². The van der Waals surface area contributed by atoms with Crippen molar-refractivity contribution in [1.29, 1.82) is 0 Å². The monoisotopic (exact) mass is 386 g/mol. The van der Waals surface area contributed by atoms with Crippen molar-refractivity contribution in [2.24, 2.45) is 0 Å². The molecule has 0 spiro atoms. The number of alkyl carbamates (subject to hydrolysis) is 1. The quantitative estimate of drug-likeness (QED) is 0.672. The van der Waals surface area contributed by atoms with E-state index in [1.165, 1.54) is 0 Å². The summed E-state index contributed by atoms with van der Waals surface area (Å²) in [5.41, 5.74) is 1.53. The van der Waals surface area contributed by atoms with Gasteiger partial charge in [0.25, 0.3) is 0 Å². The molecule has 9 heteroatoms. The summed E-state index contributed by atoms with van der Waals surface area (Å²) in [6, 6.07) is 1.94. The van der Waals surface area contributed by atoms with Crippen LogP contribution in [0.5, 0.6) is 0 Å². The summed E-state index contributed by atoms with van der Waals surface area (Å²) in [5, 5.41) is 12.7. The van der Waals surface area contributed by atoms with Crippen LogP contribution in [0.1, 0.15) is 56.8 Å². The molecule has 0 radical (unpaired) electrons. The first-order valence-electron chi connectivity index (χ1n) is 9.60. The Morgan fingerprint density at radius 1 is 1.36 bits per heavy atom. The number of hydrogen-bond donors (Lipinski definition) is 3. The van der Waals surface area contributed by atoms with Gasteiger partial charge in [-0.25, -0.2) is 4.79 Å². The molecule has 0 bridgehead atoms. The average Bonchev–Trinajstić information content (AvgIpc) is 3.31. The number of nitrogens with zero attached hydrogens (tertiary/aromatic N) is 3. The smallest absolute Gasteiger partial charge is 0.407 e. The highest BCUT2D eigenvalue weighted by Crippen LogP contribution is 2.35. The molecule has 2 heterocycles. The number of nitrogens with one attached hydrogen (secondary N) is 3. The molecule has 2 aromatic rings. The highest BCUT2D eigenvalue weighted by atomic mass is 16.6. The third-order valence-corrected chi connectivity index (χ3v) is 4.90. The summed E-state index contributed by atoms with van der Waals surface area (Å²) in [5.74, 6) is 0.496. The van der Waals surface area contributed by atoms with Crippen LogP contribution >= 0.6 is 0 Å². The molecule has 0 aromatic carbocycles. The number of carbonyl (C=O) groups is 2. The average molecular weight is 386 g/mol. The van der Waals surface area contributed by atoms with Gasteiger partial charge in [0.05, 0.1) is 12.1 Å². The summed E-state index contributed by atoms with van der Waals surface area (Å²) < 4.78 is 5.51. The van der Waals surface area contributed by atoms with Crippen LogP contribution in [0.4, 0.5) is 10.6 Å². The van der Waals surface area contributed by atoms with Crippen molar-refractivity contribution in [3.05, 3.63) is 36.0 Å². The molecule has 150 valence electrons. The molecule has 0 aliphatic heterocycles. The Labute approximate surface area is 163 Å². The lowest BCUT2D eigenvalue weighted by atomic mass is 10.0. The first kappa shape index (κ1) is 19.8. The molecule has 2 amide bonds. The molecule has 1 aliphatic carbocycles. The van der Waals surface area contributed by atoms with Gasteiger partial charge in [-0.15, -0.1) is 0 Å². The fourth-order valence-electron chi connectivity index (χ4n) is 3.20. The second-order valence-electron chi connectivity index (χ2n) is 7.12. The molecule has 1 fully saturated rings. The molecule has 1 aliphatic rings. The van der Waals surface area contributed by atoms with Crippen LogP contribution in [0.3, 0.4) is 0 Å². The zero-order valence-electron chi connectivity index (χ0n) is 16.1. The molecule has 0 unspecified atom stereocenters. The van der Waals surface area contributed by atoms with Crippen molar-refractivity contribution in [3.63, 3.8) is 0 Å².